The molecule has 0 saturated heterocycles. The van der Waals surface area contributed by atoms with E-state index in [1.54, 1.807) is 7.11 Å². The van der Waals surface area contributed by atoms with Crippen molar-refractivity contribution in [2.45, 2.75) is 45.3 Å². The van der Waals surface area contributed by atoms with Gasteiger partial charge in [0.1, 0.15) is 0 Å². The van der Waals surface area contributed by atoms with E-state index in [-0.39, 0.29) is 11.5 Å². The highest BCUT2D eigenvalue weighted by atomic mass is 16.5. The van der Waals surface area contributed by atoms with Crippen molar-refractivity contribution < 1.29 is 9.84 Å². The lowest BCUT2D eigenvalue weighted by Gasteiger charge is -2.23. The monoisotopic (exact) mass is 265 g/mol. The molecule has 2 atom stereocenters. The molecule has 3 nitrogen and oxygen atoms in total. The average Bonchev–Trinajstić information content (AvgIpc) is 2.37. The number of benzene rings is 1. The van der Waals surface area contributed by atoms with Gasteiger partial charge in [-0.3, -0.25) is 0 Å². The van der Waals surface area contributed by atoms with E-state index in [2.05, 4.69) is 38.2 Å². The Balaban J connectivity index is 2.64. The number of nitrogens with one attached hydrogen (secondary N) is 1. The normalized spacial score (nSPS) is 15.3. The summed E-state index contributed by atoms with van der Waals surface area (Å²) in [5, 5.41) is 13.5. The summed E-state index contributed by atoms with van der Waals surface area (Å²) in [6, 6.07) is 8.23. The van der Waals surface area contributed by atoms with Crippen LogP contribution in [0.2, 0.25) is 0 Å². The number of hydrogen-bond acceptors (Lipinski definition) is 3. The molecular formula is C16H27NO2. The predicted octanol–water partition coefficient (Wildman–Crippen LogP) is 2.64. The zero-order valence-corrected chi connectivity index (χ0v) is 12.7. The van der Waals surface area contributed by atoms with Crippen LogP contribution in [0.3, 0.4) is 0 Å². The average molecular weight is 265 g/mol. The van der Waals surface area contributed by atoms with Gasteiger partial charge < -0.3 is 15.2 Å². The Labute approximate surface area is 117 Å². The highest BCUT2D eigenvalue weighted by Crippen LogP contribution is 2.24. The van der Waals surface area contributed by atoms with Crippen LogP contribution >= 0.6 is 0 Å². The van der Waals surface area contributed by atoms with E-state index < -0.39 is 6.10 Å². The molecule has 0 heterocycles. The van der Waals surface area contributed by atoms with E-state index in [0.717, 1.165) is 12.1 Å². The van der Waals surface area contributed by atoms with Crippen molar-refractivity contribution in [1.82, 2.24) is 5.32 Å². The maximum Gasteiger partial charge on any atom is 0.0940 e. The zero-order chi connectivity index (χ0) is 14.5. The Morgan fingerprint density at radius 3 is 2.26 bits per heavy atom. The Morgan fingerprint density at radius 2 is 1.79 bits per heavy atom. The van der Waals surface area contributed by atoms with Crippen LogP contribution in [-0.2, 0) is 10.2 Å². The van der Waals surface area contributed by atoms with Gasteiger partial charge in [-0.1, -0.05) is 45.0 Å². The number of aliphatic hydroxyl groups is 1. The highest BCUT2D eigenvalue weighted by molar-refractivity contribution is 5.29. The quantitative estimate of drug-likeness (QED) is 0.777. The third-order valence-corrected chi connectivity index (χ3v) is 3.36. The van der Waals surface area contributed by atoms with Crippen molar-refractivity contribution in [3.8, 4) is 0 Å². The summed E-state index contributed by atoms with van der Waals surface area (Å²) in [5.74, 6) is 0. The van der Waals surface area contributed by atoms with Crippen molar-refractivity contribution in [2.24, 2.45) is 0 Å². The number of methoxy groups -OCH3 is 1. The minimum atomic E-state index is -0.495. The fourth-order valence-electron chi connectivity index (χ4n) is 1.97. The summed E-state index contributed by atoms with van der Waals surface area (Å²) < 4.78 is 4.99. The van der Waals surface area contributed by atoms with Gasteiger partial charge in [0.05, 0.1) is 12.7 Å². The van der Waals surface area contributed by atoms with E-state index in [0.29, 0.717) is 6.61 Å². The third kappa shape index (κ3) is 4.94. The first-order chi connectivity index (χ1) is 8.86. The zero-order valence-electron chi connectivity index (χ0n) is 12.7. The Bertz CT molecular complexity index is 367. The maximum atomic E-state index is 10.3. The summed E-state index contributed by atoms with van der Waals surface area (Å²) >= 11 is 0. The molecule has 0 saturated carbocycles. The topological polar surface area (TPSA) is 41.5 Å². The van der Waals surface area contributed by atoms with Crippen LogP contribution in [0.25, 0.3) is 0 Å². The van der Waals surface area contributed by atoms with Gasteiger partial charge in [-0.05, 0) is 23.5 Å². The van der Waals surface area contributed by atoms with Crippen molar-refractivity contribution >= 4 is 0 Å². The molecule has 108 valence electrons. The van der Waals surface area contributed by atoms with Gasteiger partial charge in [-0.25, -0.2) is 0 Å². The standard InChI is InChI=1S/C16H27NO2/c1-12(17-10-11-19-5)15(18)13-6-8-14(9-7-13)16(2,3)4/h6-9,12,15,17-18H,10-11H2,1-5H3. The van der Waals surface area contributed by atoms with Gasteiger partial charge in [-0.2, -0.15) is 0 Å². The molecule has 3 heteroatoms. The summed E-state index contributed by atoms with van der Waals surface area (Å²) in [4.78, 5) is 0. The van der Waals surface area contributed by atoms with Crippen molar-refractivity contribution in [2.75, 3.05) is 20.3 Å². The van der Waals surface area contributed by atoms with Gasteiger partial charge in [0.2, 0.25) is 0 Å². The van der Waals surface area contributed by atoms with E-state index in [1.165, 1.54) is 5.56 Å². The van der Waals surface area contributed by atoms with E-state index in [4.69, 9.17) is 4.74 Å². The van der Waals surface area contributed by atoms with Gasteiger partial charge in [0.15, 0.2) is 0 Å². The molecule has 1 rings (SSSR count). The van der Waals surface area contributed by atoms with Gasteiger partial charge in [-0.15, -0.1) is 0 Å². The summed E-state index contributed by atoms with van der Waals surface area (Å²) in [6.45, 7) is 9.95. The van der Waals surface area contributed by atoms with Crippen molar-refractivity contribution in [1.29, 1.82) is 0 Å². The lowest BCUT2D eigenvalue weighted by atomic mass is 9.86. The molecule has 0 aliphatic rings. The highest BCUT2D eigenvalue weighted by Gasteiger charge is 2.17. The summed E-state index contributed by atoms with van der Waals surface area (Å²) in [6.07, 6.45) is -0.495. The second-order valence-electron chi connectivity index (χ2n) is 6.05. The molecule has 19 heavy (non-hydrogen) atoms. The SMILES string of the molecule is COCCNC(C)C(O)c1ccc(C(C)(C)C)cc1. The molecular weight excluding hydrogens is 238 g/mol. The fraction of sp³-hybridized carbons (Fsp3) is 0.625. The Morgan fingerprint density at radius 1 is 1.21 bits per heavy atom. The molecule has 0 radical (unpaired) electrons. The molecule has 0 amide bonds. The molecule has 0 aliphatic carbocycles. The Kier molecular flexibility index (Phi) is 5.98. The van der Waals surface area contributed by atoms with Crippen molar-refractivity contribution in [3.63, 3.8) is 0 Å². The number of rotatable bonds is 6. The summed E-state index contributed by atoms with van der Waals surface area (Å²) in [5.41, 5.74) is 2.38. The van der Waals surface area contributed by atoms with Crippen LogP contribution in [0.1, 0.15) is 44.9 Å². The number of aliphatic hydroxyl groups excluding tert-OH is 1. The van der Waals surface area contributed by atoms with E-state index in [9.17, 15) is 5.11 Å². The Hall–Kier alpha value is -0.900. The first-order valence-corrected chi connectivity index (χ1v) is 6.87. The first kappa shape index (κ1) is 16.2. The molecule has 1 aromatic rings. The molecule has 2 unspecified atom stereocenters. The first-order valence-electron chi connectivity index (χ1n) is 6.87. The number of hydrogen-bond donors (Lipinski definition) is 2. The molecule has 0 fully saturated rings. The van der Waals surface area contributed by atoms with Gasteiger partial charge in [0.25, 0.3) is 0 Å². The minimum absolute atomic E-state index is 0.00985. The molecule has 0 bridgehead atoms. The predicted molar refractivity (Wildman–Crippen MR) is 79.4 cm³/mol. The lowest BCUT2D eigenvalue weighted by Crippen LogP contribution is -2.34. The largest absolute Gasteiger partial charge is 0.387 e. The van der Waals surface area contributed by atoms with Crippen LogP contribution in [0, 0.1) is 0 Å². The molecule has 0 spiro atoms. The minimum Gasteiger partial charge on any atom is -0.387 e. The second-order valence-corrected chi connectivity index (χ2v) is 6.05. The molecule has 2 N–H and O–H groups in total. The van der Waals surface area contributed by atoms with Crippen LogP contribution in [0.4, 0.5) is 0 Å². The van der Waals surface area contributed by atoms with Crippen LogP contribution in [-0.4, -0.2) is 31.4 Å². The third-order valence-electron chi connectivity index (χ3n) is 3.36. The van der Waals surface area contributed by atoms with Gasteiger partial charge in [0, 0.05) is 19.7 Å². The van der Waals surface area contributed by atoms with Crippen molar-refractivity contribution in [3.05, 3.63) is 35.4 Å². The van der Waals surface area contributed by atoms with E-state index in [1.807, 2.05) is 19.1 Å². The molecule has 1 aromatic carbocycles. The van der Waals surface area contributed by atoms with E-state index >= 15 is 0 Å². The summed E-state index contributed by atoms with van der Waals surface area (Å²) in [7, 11) is 1.67. The second kappa shape index (κ2) is 7.04. The van der Waals surface area contributed by atoms with Crippen LogP contribution in [0.5, 0.6) is 0 Å². The molecule has 0 aromatic heterocycles. The van der Waals surface area contributed by atoms with Crippen LogP contribution < -0.4 is 5.32 Å². The maximum absolute atomic E-state index is 10.3. The van der Waals surface area contributed by atoms with Gasteiger partial charge >= 0.3 is 0 Å². The number of ether oxygens (including phenoxy) is 1. The smallest absolute Gasteiger partial charge is 0.0940 e. The fourth-order valence-corrected chi connectivity index (χ4v) is 1.97. The van der Waals surface area contributed by atoms with Crippen LogP contribution in [0.15, 0.2) is 24.3 Å². The lowest BCUT2D eigenvalue weighted by molar-refractivity contribution is 0.126. The molecule has 0 aliphatic heterocycles.